The maximum absolute atomic E-state index is 11.8. The molecule has 0 radical (unpaired) electrons. The van der Waals surface area contributed by atoms with E-state index in [0.717, 1.165) is 5.01 Å². The minimum atomic E-state index is -0.567. The van der Waals surface area contributed by atoms with Crippen LogP contribution in [0, 0.1) is 0 Å². The van der Waals surface area contributed by atoms with Gasteiger partial charge in [-0.1, -0.05) is 0 Å². The second-order valence-electron chi connectivity index (χ2n) is 4.49. The first kappa shape index (κ1) is 13.4. The molecule has 2 heterocycles. The Kier molecular flexibility index (Phi) is 3.96. The molecule has 0 aromatic carbocycles. The highest BCUT2D eigenvalue weighted by Crippen LogP contribution is 2.21. The second kappa shape index (κ2) is 5.31. The second-order valence-corrected chi connectivity index (χ2v) is 5.43. The van der Waals surface area contributed by atoms with Crippen molar-refractivity contribution in [2.75, 3.05) is 13.2 Å². The molecule has 6 nitrogen and oxygen atoms in total. The molecule has 1 aromatic rings. The quantitative estimate of drug-likeness (QED) is 0.832. The number of hydrogen-bond acceptors (Lipinski definition) is 6. The lowest BCUT2D eigenvalue weighted by atomic mass is 10.3. The zero-order chi connectivity index (χ0) is 13.2. The molecule has 100 valence electrons. The molecule has 0 bridgehead atoms. The molecule has 0 aliphatic carbocycles. The fourth-order valence-corrected chi connectivity index (χ4v) is 2.32. The predicted octanol–water partition coefficient (Wildman–Crippen LogP) is 0.483. The van der Waals surface area contributed by atoms with Crippen LogP contribution in [0.3, 0.4) is 0 Å². The van der Waals surface area contributed by atoms with E-state index in [0.29, 0.717) is 25.4 Å². The van der Waals surface area contributed by atoms with Crippen LogP contribution in [0.25, 0.3) is 0 Å². The Morgan fingerprint density at radius 1 is 1.72 bits per heavy atom. The third kappa shape index (κ3) is 3.26. The molecule has 0 saturated carbocycles. The van der Waals surface area contributed by atoms with Crippen LogP contribution in [0.5, 0.6) is 0 Å². The summed E-state index contributed by atoms with van der Waals surface area (Å²) in [5.41, 5.74) is 5.85. The number of nitrogens with zero attached hydrogens (tertiary/aromatic N) is 1. The van der Waals surface area contributed by atoms with Crippen molar-refractivity contribution >= 4 is 17.2 Å². The summed E-state index contributed by atoms with van der Waals surface area (Å²) in [5.74, 6) is -0.776. The monoisotopic (exact) mass is 271 g/mol. The number of nitrogens with two attached hydrogens (primary N) is 1. The topological polar surface area (TPSA) is 86.5 Å². The van der Waals surface area contributed by atoms with Gasteiger partial charge in [-0.2, -0.15) is 0 Å². The van der Waals surface area contributed by atoms with Crippen molar-refractivity contribution in [1.82, 2.24) is 10.3 Å². The molecule has 1 saturated heterocycles. The van der Waals surface area contributed by atoms with E-state index in [1.54, 1.807) is 5.38 Å². The highest BCUT2D eigenvalue weighted by atomic mass is 32.1. The van der Waals surface area contributed by atoms with E-state index >= 15 is 0 Å². The highest BCUT2D eigenvalue weighted by molar-refractivity contribution is 7.09. The lowest BCUT2D eigenvalue weighted by molar-refractivity contribution is -0.137. The summed E-state index contributed by atoms with van der Waals surface area (Å²) >= 11 is 1.38. The van der Waals surface area contributed by atoms with Gasteiger partial charge < -0.3 is 20.5 Å². The summed E-state index contributed by atoms with van der Waals surface area (Å²) in [4.78, 5) is 15.9. The summed E-state index contributed by atoms with van der Waals surface area (Å²) < 4.78 is 11.0. The summed E-state index contributed by atoms with van der Waals surface area (Å²) in [6.45, 7) is 4.95. The molecule has 1 fully saturated rings. The standard InChI is InChI=1S/C11H17N3O3S/c1-11(2)16-5-7(17-11)4-13-10(15)8-6-18-9(3-12)14-8/h6-7H,3-5,12H2,1-2H3,(H,13,15). The largest absolute Gasteiger partial charge is 0.348 e. The van der Waals surface area contributed by atoms with Crippen molar-refractivity contribution in [2.45, 2.75) is 32.3 Å². The average molecular weight is 271 g/mol. The van der Waals surface area contributed by atoms with Gasteiger partial charge in [-0.25, -0.2) is 4.98 Å². The Morgan fingerprint density at radius 3 is 3.06 bits per heavy atom. The molecule has 1 unspecified atom stereocenters. The van der Waals surface area contributed by atoms with Gasteiger partial charge in [-0.3, -0.25) is 4.79 Å². The highest BCUT2D eigenvalue weighted by Gasteiger charge is 2.32. The maximum Gasteiger partial charge on any atom is 0.270 e. The summed E-state index contributed by atoms with van der Waals surface area (Å²) in [5, 5.41) is 5.23. The summed E-state index contributed by atoms with van der Waals surface area (Å²) in [6.07, 6.45) is -0.114. The van der Waals surface area contributed by atoms with Gasteiger partial charge >= 0.3 is 0 Å². The van der Waals surface area contributed by atoms with Gasteiger partial charge in [0, 0.05) is 18.5 Å². The van der Waals surface area contributed by atoms with Crippen molar-refractivity contribution < 1.29 is 14.3 Å². The third-order valence-electron chi connectivity index (χ3n) is 2.52. The third-order valence-corrected chi connectivity index (χ3v) is 3.39. The minimum absolute atomic E-state index is 0.114. The Labute approximate surface area is 109 Å². The number of amides is 1. The molecular weight excluding hydrogens is 254 g/mol. The van der Waals surface area contributed by atoms with Crippen molar-refractivity contribution in [1.29, 1.82) is 0 Å². The first-order valence-corrected chi connectivity index (χ1v) is 6.62. The molecule has 1 aliphatic rings. The van der Waals surface area contributed by atoms with Crippen LogP contribution in [0.4, 0.5) is 0 Å². The van der Waals surface area contributed by atoms with Gasteiger partial charge in [0.25, 0.3) is 5.91 Å². The lowest BCUT2D eigenvalue weighted by Crippen LogP contribution is -2.34. The zero-order valence-corrected chi connectivity index (χ0v) is 11.3. The van der Waals surface area contributed by atoms with E-state index in [9.17, 15) is 4.79 Å². The van der Waals surface area contributed by atoms with Crippen LogP contribution in [-0.4, -0.2) is 35.9 Å². The van der Waals surface area contributed by atoms with Gasteiger partial charge in [0.1, 0.15) is 16.8 Å². The minimum Gasteiger partial charge on any atom is -0.348 e. The van der Waals surface area contributed by atoms with E-state index in [4.69, 9.17) is 15.2 Å². The van der Waals surface area contributed by atoms with Crippen LogP contribution in [0.2, 0.25) is 0 Å². The van der Waals surface area contributed by atoms with Crippen LogP contribution in [-0.2, 0) is 16.0 Å². The molecule has 0 spiro atoms. The van der Waals surface area contributed by atoms with E-state index in [1.165, 1.54) is 11.3 Å². The predicted molar refractivity (Wildman–Crippen MR) is 67.2 cm³/mol. The number of nitrogens with one attached hydrogen (secondary N) is 1. The SMILES string of the molecule is CC1(C)OCC(CNC(=O)c2csc(CN)n2)O1. The summed E-state index contributed by atoms with van der Waals surface area (Å²) in [6, 6.07) is 0. The molecule has 3 N–H and O–H groups in total. The Balaban J connectivity index is 1.82. The van der Waals surface area contributed by atoms with Crippen LogP contribution in [0.1, 0.15) is 29.3 Å². The molecular formula is C11H17N3O3S. The molecule has 7 heteroatoms. The van der Waals surface area contributed by atoms with Gasteiger partial charge in [0.15, 0.2) is 5.79 Å². The fourth-order valence-electron chi connectivity index (χ4n) is 1.67. The molecule has 18 heavy (non-hydrogen) atoms. The number of carbonyl (C=O) groups is 1. The van der Waals surface area contributed by atoms with Gasteiger partial charge in [0.2, 0.25) is 0 Å². The van der Waals surface area contributed by atoms with Gasteiger partial charge in [0.05, 0.1) is 6.61 Å². The van der Waals surface area contributed by atoms with Crippen molar-refractivity contribution in [3.05, 3.63) is 16.1 Å². The zero-order valence-electron chi connectivity index (χ0n) is 10.4. The van der Waals surface area contributed by atoms with Gasteiger partial charge in [-0.15, -0.1) is 11.3 Å². The number of rotatable bonds is 4. The fraction of sp³-hybridized carbons (Fsp3) is 0.636. The number of carbonyl (C=O) groups excluding carboxylic acids is 1. The van der Waals surface area contributed by atoms with Crippen LogP contribution < -0.4 is 11.1 Å². The van der Waals surface area contributed by atoms with E-state index in [1.807, 2.05) is 13.8 Å². The van der Waals surface area contributed by atoms with Crippen molar-refractivity contribution in [2.24, 2.45) is 5.73 Å². The van der Waals surface area contributed by atoms with Crippen LogP contribution in [0.15, 0.2) is 5.38 Å². The first-order valence-electron chi connectivity index (χ1n) is 5.74. The Morgan fingerprint density at radius 2 is 2.50 bits per heavy atom. The summed E-state index contributed by atoms with van der Waals surface area (Å²) in [7, 11) is 0. The van der Waals surface area contributed by atoms with E-state index < -0.39 is 5.79 Å². The molecule has 2 rings (SSSR count). The van der Waals surface area contributed by atoms with Gasteiger partial charge in [-0.05, 0) is 13.8 Å². The van der Waals surface area contributed by atoms with E-state index in [-0.39, 0.29) is 12.0 Å². The number of hydrogen-bond donors (Lipinski definition) is 2. The number of thiazole rings is 1. The Hall–Kier alpha value is -1.02. The maximum atomic E-state index is 11.8. The Bertz CT molecular complexity index is 433. The number of aromatic nitrogens is 1. The molecule has 1 aliphatic heterocycles. The molecule has 1 atom stereocenters. The smallest absolute Gasteiger partial charge is 0.270 e. The average Bonchev–Trinajstić information content (AvgIpc) is 2.92. The normalized spacial score (nSPS) is 22.1. The van der Waals surface area contributed by atoms with Crippen LogP contribution >= 0.6 is 11.3 Å². The molecule has 1 amide bonds. The lowest BCUT2D eigenvalue weighted by Gasteiger charge is -2.17. The van der Waals surface area contributed by atoms with Crippen molar-refractivity contribution in [3.8, 4) is 0 Å². The van der Waals surface area contributed by atoms with E-state index in [2.05, 4.69) is 10.3 Å². The number of ether oxygens (including phenoxy) is 2. The first-order chi connectivity index (χ1) is 8.50. The van der Waals surface area contributed by atoms with Crippen molar-refractivity contribution in [3.63, 3.8) is 0 Å². The molecule has 1 aromatic heterocycles.